The van der Waals surface area contributed by atoms with Gasteiger partial charge in [0.1, 0.15) is 5.75 Å². The summed E-state index contributed by atoms with van der Waals surface area (Å²) in [6.45, 7) is 1.91. The van der Waals surface area contributed by atoms with Crippen LogP contribution in [0.25, 0.3) is 10.9 Å². The third-order valence-corrected chi connectivity index (χ3v) is 2.44. The molecular weight excluding hydrogens is 234 g/mol. The van der Waals surface area contributed by atoms with Crippen LogP contribution in [-0.2, 0) is 4.79 Å². The number of ether oxygens (including phenoxy) is 1. The topological polar surface area (TPSA) is 60.7 Å². The van der Waals surface area contributed by atoms with Gasteiger partial charge in [-0.2, -0.15) is 4.73 Å². The van der Waals surface area contributed by atoms with Gasteiger partial charge in [0.25, 0.3) is 0 Å². The van der Waals surface area contributed by atoms with Crippen LogP contribution in [-0.4, -0.2) is 29.0 Å². The lowest BCUT2D eigenvalue weighted by molar-refractivity contribution is -0.140. The fourth-order valence-electron chi connectivity index (χ4n) is 1.71. The van der Waals surface area contributed by atoms with Gasteiger partial charge in [-0.05, 0) is 18.2 Å². The maximum Gasteiger partial charge on any atom is 0.329 e. The van der Waals surface area contributed by atoms with E-state index in [1.807, 2.05) is 24.3 Å². The summed E-state index contributed by atoms with van der Waals surface area (Å²) < 4.78 is 6.98. The number of hydrogen-bond donors (Lipinski definition) is 1. The highest BCUT2D eigenvalue weighted by Crippen LogP contribution is 2.26. The van der Waals surface area contributed by atoms with E-state index in [9.17, 15) is 4.79 Å². The van der Waals surface area contributed by atoms with Crippen LogP contribution in [0.1, 0.15) is 13.3 Å². The van der Waals surface area contributed by atoms with Crippen LogP contribution in [0.3, 0.4) is 0 Å². The third kappa shape index (κ3) is 2.62. The molecule has 0 saturated carbocycles. The highest BCUT2D eigenvalue weighted by Gasteiger charge is 2.08. The van der Waals surface area contributed by atoms with E-state index in [1.54, 1.807) is 6.20 Å². The summed E-state index contributed by atoms with van der Waals surface area (Å²) in [4.78, 5) is 16.0. The minimum absolute atomic E-state index is 0.102. The molecule has 0 aliphatic carbocycles. The predicted octanol–water partition coefficient (Wildman–Crippen LogP) is 1.38. The fourth-order valence-corrected chi connectivity index (χ4v) is 1.71. The van der Waals surface area contributed by atoms with Crippen molar-refractivity contribution < 1.29 is 19.5 Å². The summed E-state index contributed by atoms with van der Waals surface area (Å²) in [6.07, 6.45) is 2.26. The Kier molecular flexibility index (Phi) is 3.84. The van der Waals surface area contributed by atoms with E-state index in [0.717, 1.165) is 10.9 Å². The van der Waals surface area contributed by atoms with Crippen LogP contribution in [0.15, 0.2) is 30.5 Å². The number of carbonyl (C=O) groups excluding carboxylic acids is 1. The zero-order valence-electron chi connectivity index (χ0n) is 10.1. The largest absolute Gasteiger partial charge is 0.493 e. The van der Waals surface area contributed by atoms with Gasteiger partial charge < -0.3 is 14.7 Å². The molecule has 0 fully saturated rings. The molecule has 0 aliphatic rings. The Hall–Kier alpha value is -2.01. The third-order valence-electron chi connectivity index (χ3n) is 2.44. The summed E-state index contributed by atoms with van der Waals surface area (Å²) in [5.41, 5.74) is 0.770. The monoisotopic (exact) mass is 249 g/mol. The van der Waals surface area contributed by atoms with E-state index in [2.05, 4.69) is 0 Å². The van der Waals surface area contributed by atoms with Crippen LogP contribution in [0, 0.1) is 0 Å². The number of rotatable bonds is 5. The summed E-state index contributed by atoms with van der Waals surface area (Å²) in [5, 5.41) is 9.59. The lowest BCUT2D eigenvalue weighted by Crippen LogP contribution is -2.14. The van der Waals surface area contributed by atoms with Crippen molar-refractivity contribution in [2.45, 2.75) is 13.3 Å². The molecule has 0 unspecified atom stereocenters. The highest BCUT2D eigenvalue weighted by atomic mass is 16.7. The van der Waals surface area contributed by atoms with Crippen molar-refractivity contribution in [1.29, 1.82) is 0 Å². The van der Waals surface area contributed by atoms with Crippen LogP contribution in [0.2, 0.25) is 0 Å². The van der Waals surface area contributed by atoms with Crippen LogP contribution >= 0.6 is 0 Å². The maximum absolute atomic E-state index is 10.9. The minimum atomic E-state index is -0.376. The molecule has 0 aliphatic heterocycles. The number of benzene rings is 1. The van der Waals surface area contributed by atoms with Crippen LogP contribution in [0.4, 0.5) is 0 Å². The molecule has 5 heteroatoms. The van der Waals surface area contributed by atoms with E-state index >= 15 is 0 Å². The minimum Gasteiger partial charge on any atom is -0.493 e. The Labute approximate surface area is 104 Å². The zero-order chi connectivity index (χ0) is 13.0. The smallest absolute Gasteiger partial charge is 0.329 e. The van der Waals surface area contributed by atoms with Crippen molar-refractivity contribution in [2.75, 3.05) is 13.2 Å². The number of aromatic nitrogens is 1. The Morgan fingerprint density at radius 3 is 2.94 bits per heavy atom. The first-order valence-corrected chi connectivity index (χ1v) is 5.75. The van der Waals surface area contributed by atoms with Gasteiger partial charge in [-0.1, -0.05) is 6.07 Å². The molecular formula is C13H15NO4. The number of aliphatic hydroxyl groups excluding tert-OH is 1. The standard InChI is InChI=1S/C13H15NO4/c1-10(16)18-14-7-6-11-12(14)4-2-5-13(11)17-9-3-8-15/h2,4-7,15H,3,8-9H2,1H3. The molecule has 1 aromatic heterocycles. The van der Waals surface area contributed by atoms with E-state index in [1.165, 1.54) is 11.7 Å². The molecule has 1 heterocycles. The summed E-state index contributed by atoms with van der Waals surface area (Å²) in [6, 6.07) is 7.35. The van der Waals surface area contributed by atoms with Gasteiger partial charge in [0.2, 0.25) is 0 Å². The molecule has 0 atom stereocenters. The van der Waals surface area contributed by atoms with E-state index in [-0.39, 0.29) is 12.6 Å². The van der Waals surface area contributed by atoms with Gasteiger partial charge in [0.05, 0.1) is 12.1 Å². The molecule has 0 spiro atoms. The first kappa shape index (κ1) is 12.4. The number of hydrogen-bond acceptors (Lipinski definition) is 4. The number of nitrogens with zero attached hydrogens (tertiary/aromatic N) is 1. The van der Waals surface area contributed by atoms with Crippen molar-refractivity contribution in [3.8, 4) is 5.75 Å². The molecule has 18 heavy (non-hydrogen) atoms. The van der Waals surface area contributed by atoms with Gasteiger partial charge in [0, 0.05) is 31.5 Å². The summed E-state index contributed by atoms with van der Waals surface area (Å²) >= 11 is 0. The second-order valence-electron chi connectivity index (χ2n) is 3.84. The molecule has 96 valence electrons. The predicted molar refractivity (Wildman–Crippen MR) is 66.4 cm³/mol. The maximum atomic E-state index is 10.9. The number of fused-ring (bicyclic) bond motifs is 1. The van der Waals surface area contributed by atoms with E-state index < -0.39 is 0 Å². The second-order valence-corrected chi connectivity index (χ2v) is 3.84. The zero-order valence-corrected chi connectivity index (χ0v) is 10.1. The van der Waals surface area contributed by atoms with Gasteiger partial charge in [-0.3, -0.25) is 0 Å². The molecule has 0 radical (unpaired) electrons. The van der Waals surface area contributed by atoms with Crippen molar-refractivity contribution in [1.82, 2.24) is 4.73 Å². The van der Waals surface area contributed by atoms with Gasteiger partial charge in [0.15, 0.2) is 0 Å². The molecule has 0 bridgehead atoms. The van der Waals surface area contributed by atoms with Crippen molar-refractivity contribution in [2.24, 2.45) is 0 Å². The molecule has 0 amide bonds. The second kappa shape index (κ2) is 5.55. The van der Waals surface area contributed by atoms with Crippen LogP contribution in [0.5, 0.6) is 5.75 Å². The van der Waals surface area contributed by atoms with E-state index in [4.69, 9.17) is 14.7 Å². The molecule has 2 aromatic rings. The molecule has 5 nitrogen and oxygen atoms in total. The molecule has 0 saturated heterocycles. The Balaban J connectivity index is 2.27. The lowest BCUT2D eigenvalue weighted by Gasteiger charge is -2.07. The first-order chi connectivity index (χ1) is 8.72. The van der Waals surface area contributed by atoms with Crippen molar-refractivity contribution in [3.63, 3.8) is 0 Å². The Bertz CT molecular complexity index is 547. The molecule has 2 rings (SSSR count). The van der Waals surface area contributed by atoms with Gasteiger partial charge in [-0.25, -0.2) is 4.79 Å². The fraction of sp³-hybridized carbons (Fsp3) is 0.308. The van der Waals surface area contributed by atoms with Crippen LogP contribution < -0.4 is 9.57 Å². The lowest BCUT2D eigenvalue weighted by atomic mass is 10.2. The van der Waals surface area contributed by atoms with Gasteiger partial charge in [-0.15, -0.1) is 0 Å². The highest BCUT2D eigenvalue weighted by molar-refractivity contribution is 5.86. The van der Waals surface area contributed by atoms with E-state index in [0.29, 0.717) is 18.8 Å². The Morgan fingerprint density at radius 2 is 2.22 bits per heavy atom. The van der Waals surface area contributed by atoms with Gasteiger partial charge >= 0.3 is 5.97 Å². The number of carbonyl (C=O) groups is 1. The van der Waals surface area contributed by atoms with Crippen molar-refractivity contribution >= 4 is 16.9 Å². The molecule has 1 N–H and O–H groups in total. The normalized spacial score (nSPS) is 10.6. The summed E-state index contributed by atoms with van der Waals surface area (Å²) in [5.74, 6) is 0.339. The first-order valence-electron chi connectivity index (χ1n) is 5.75. The quantitative estimate of drug-likeness (QED) is 0.813. The average Bonchev–Trinajstić information content (AvgIpc) is 2.73. The SMILES string of the molecule is CC(=O)On1ccc2c(OCCCO)cccc21. The summed E-state index contributed by atoms with van der Waals surface area (Å²) in [7, 11) is 0. The number of aliphatic hydroxyl groups is 1. The molecule has 1 aromatic carbocycles. The van der Waals surface area contributed by atoms with Crippen molar-refractivity contribution in [3.05, 3.63) is 30.5 Å². The Morgan fingerprint density at radius 1 is 1.39 bits per heavy atom. The average molecular weight is 249 g/mol.